The van der Waals surface area contributed by atoms with Crippen LogP contribution in [0, 0.1) is 0 Å². The number of ether oxygens (including phenoxy) is 1. The Labute approximate surface area is 198 Å². The third-order valence-corrected chi connectivity index (χ3v) is 6.18. The van der Waals surface area contributed by atoms with Crippen LogP contribution in [0.3, 0.4) is 0 Å². The molecule has 0 unspecified atom stereocenters. The summed E-state index contributed by atoms with van der Waals surface area (Å²) in [6, 6.07) is 23.5. The Balaban J connectivity index is 1.26. The van der Waals surface area contributed by atoms with Gasteiger partial charge in [0.15, 0.2) is 0 Å². The maximum absolute atomic E-state index is 13.0. The van der Waals surface area contributed by atoms with E-state index >= 15 is 0 Å². The van der Waals surface area contributed by atoms with Gasteiger partial charge in [-0.05, 0) is 48.0 Å². The summed E-state index contributed by atoms with van der Waals surface area (Å²) in [5.74, 6) is 1.59. The van der Waals surface area contributed by atoms with Gasteiger partial charge in [0.2, 0.25) is 0 Å². The van der Waals surface area contributed by atoms with E-state index in [1.807, 2.05) is 77.7 Å². The van der Waals surface area contributed by atoms with Gasteiger partial charge in [-0.3, -0.25) is 9.69 Å². The van der Waals surface area contributed by atoms with E-state index < -0.39 is 0 Å². The maximum atomic E-state index is 13.0. The summed E-state index contributed by atoms with van der Waals surface area (Å²) in [5, 5.41) is 9.10. The molecule has 7 heteroatoms. The van der Waals surface area contributed by atoms with E-state index in [-0.39, 0.29) is 12.5 Å². The number of imidazole rings is 1. The van der Waals surface area contributed by atoms with Crippen LogP contribution >= 0.6 is 0 Å². The number of benzene rings is 3. The molecular weight excluding hydrogens is 428 g/mol. The molecule has 0 spiro atoms. The maximum Gasteiger partial charge on any atom is 0.254 e. The van der Waals surface area contributed by atoms with E-state index in [9.17, 15) is 4.79 Å². The number of hydrogen-bond acceptors (Lipinski definition) is 5. The molecule has 0 radical (unpaired) electrons. The molecule has 174 valence electrons. The van der Waals surface area contributed by atoms with Crippen LogP contribution in [0.25, 0.3) is 22.4 Å². The Morgan fingerprint density at radius 3 is 2.47 bits per heavy atom. The van der Waals surface area contributed by atoms with Gasteiger partial charge in [-0.15, -0.1) is 0 Å². The van der Waals surface area contributed by atoms with Gasteiger partial charge in [-0.2, -0.15) is 0 Å². The van der Waals surface area contributed by atoms with Gasteiger partial charge in [-0.25, -0.2) is 4.98 Å². The molecule has 7 nitrogen and oxygen atoms in total. The van der Waals surface area contributed by atoms with Crippen molar-refractivity contribution in [1.29, 1.82) is 0 Å². The molecule has 1 amide bonds. The van der Waals surface area contributed by atoms with Crippen LogP contribution in [-0.4, -0.2) is 70.1 Å². The fourth-order valence-corrected chi connectivity index (χ4v) is 4.23. The van der Waals surface area contributed by atoms with Gasteiger partial charge >= 0.3 is 0 Å². The number of aliphatic hydroxyl groups is 1. The minimum Gasteiger partial charge on any atom is -0.489 e. The lowest BCUT2D eigenvalue weighted by Crippen LogP contribution is -2.49. The van der Waals surface area contributed by atoms with Gasteiger partial charge in [0, 0.05) is 43.9 Å². The molecule has 0 bridgehead atoms. The van der Waals surface area contributed by atoms with Gasteiger partial charge in [0.25, 0.3) is 5.91 Å². The number of aromatic amines is 1. The highest BCUT2D eigenvalue weighted by Crippen LogP contribution is 2.24. The second-order valence-electron chi connectivity index (χ2n) is 8.47. The van der Waals surface area contributed by atoms with E-state index in [4.69, 9.17) is 14.8 Å². The third kappa shape index (κ3) is 4.95. The zero-order valence-corrected chi connectivity index (χ0v) is 19.0. The number of H-pyrrole nitrogens is 1. The number of amides is 1. The highest BCUT2D eigenvalue weighted by atomic mass is 16.5. The molecule has 1 aromatic heterocycles. The van der Waals surface area contributed by atoms with Crippen LogP contribution in [0.2, 0.25) is 0 Å². The number of nitrogens with zero attached hydrogens (tertiary/aromatic N) is 3. The first-order chi connectivity index (χ1) is 16.7. The quantitative estimate of drug-likeness (QED) is 0.444. The average Bonchev–Trinajstić information content (AvgIpc) is 3.32. The number of aliphatic hydroxyl groups excluding tert-OH is 1. The van der Waals surface area contributed by atoms with Crippen LogP contribution in [0.15, 0.2) is 72.8 Å². The number of carbonyl (C=O) groups excluding carboxylic acids is 1. The molecule has 2 N–H and O–H groups in total. The summed E-state index contributed by atoms with van der Waals surface area (Å²) in [7, 11) is 0. The first kappa shape index (κ1) is 22.1. The first-order valence-electron chi connectivity index (χ1n) is 11.6. The second kappa shape index (κ2) is 10.1. The largest absolute Gasteiger partial charge is 0.489 e. The number of piperazine rings is 1. The lowest BCUT2D eigenvalue weighted by Gasteiger charge is -2.34. The Morgan fingerprint density at radius 2 is 1.74 bits per heavy atom. The summed E-state index contributed by atoms with van der Waals surface area (Å²) in [5.41, 5.74) is 4.40. The third-order valence-electron chi connectivity index (χ3n) is 6.18. The predicted molar refractivity (Wildman–Crippen MR) is 132 cm³/mol. The molecule has 0 atom stereocenters. The number of β-amino-alcohol motifs (C(OH)–C–C–N with tert-alkyl or cyclic N) is 1. The molecule has 1 fully saturated rings. The number of aromatic nitrogens is 2. The summed E-state index contributed by atoms with van der Waals surface area (Å²) >= 11 is 0. The monoisotopic (exact) mass is 456 g/mol. The Hall–Kier alpha value is -3.68. The second-order valence-corrected chi connectivity index (χ2v) is 8.47. The van der Waals surface area contributed by atoms with Gasteiger partial charge in [-0.1, -0.05) is 30.3 Å². The standard InChI is InChI=1S/C27H28N4O3/c32-17-16-30-12-14-31(15-13-30)27(33)22-8-11-24-25(18-22)29-26(28-24)21-6-9-23(10-7-21)34-19-20-4-2-1-3-5-20/h1-11,18,32H,12-17,19H2,(H,28,29). The highest BCUT2D eigenvalue weighted by Gasteiger charge is 2.22. The normalized spacial score (nSPS) is 14.4. The van der Waals surface area contributed by atoms with E-state index in [0.717, 1.165) is 46.8 Å². The fraction of sp³-hybridized carbons (Fsp3) is 0.259. The van der Waals surface area contributed by atoms with Crippen LogP contribution in [0.5, 0.6) is 5.75 Å². The molecular formula is C27H28N4O3. The van der Waals surface area contributed by atoms with Crippen molar-refractivity contribution in [1.82, 2.24) is 19.8 Å². The fourth-order valence-electron chi connectivity index (χ4n) is 4.23. The molecule has 0 saturated carbocycles. The molecule has 1 aliphatic rings. The molecule has 4 aromatic rings. The van der Waals surface area contributed by atoms with Crippen molar-refractivity contribution in [3.8, 4) is 17.1 Å². The van der Waals surface area contributed by atoms with Crippen LogP contribution in [0.4, 0.5) is 0 Å². The van der Waals surface area contributed by atoms with Crippen molar-refractivity contribution in [3.63, 3.8) is 0 Å². The van der Waals surface area contributed by atoms with E-state index in [1.165, 1.54) is 0 Å². The zero-order chi connectivity index (χ0) is 23.3. The van der Waals surface area contributed by atoms with Crippen molar-refractivity contribution >= 4 is 16.9 Å². The highest BCUT2D eigenvalue weighted by molar-refractivity contribution is 5.97. The number of fused-ring (bicyclic) bond motifs is 1. The number of carbonyl (C=O) groups is 1. The summed E-state index contributed by atoms with van der Waals surface area (Å²) in [4.78, 5) is 25.1. The number of nitrogens with one attached hydrogen (secondary N) is 1. The lowest BCUT2D eigenvalue weighted by atomic mass is 10.1. The SMILES string of the molecule is O=C(c1ccc2nc(-c3ccc(OCc4ccccc4)cc3)[nH]c2c1)N1CCN(CCO)CC1. The molecule has 5 rings (SSSR count). The van der Waals surface area contributed by atoms with Crippen LogP contribution in [0.1, 0.15) is 15.9 Å². The molecule has 34 heavy (non-hydrogen) atoms. The molecule has 1 aliphatic heterocycles. The lowest BCUT2D eigenvalue weighted by molar-refractivity contribution is 0.0615. The van der Waals surface area contributed by atoms with Gasteiger partial charge < -0.3 is 19.7 Å². The van der Waals surface area contributed by atoms with E-state index in [2.05, 4.69) is 9.88 Å². The summed E-state index contributed by atoms with van der Waals surface area (Å²) in [6.07, 6.45) is 0. The van der Waals surface area contributed by atoms with E-state index in [0.29, 0.717) is 31.8 Å². The number of rotatable bonds is 7. The Kier molecular flexibility index (Phi) is 6.56. The van der Waals surface area contributed by atoms with E-state index in [1.54, 1.807) is 0 Å². The topological polar surface area (TPSA) is 81.7 Å². The van der Waals surface area contributed by atoms with Crippen LogP contribution in [-0.2, 0) is 6.61 Å². The molecule has 0 aliphatic carbocycles. The Morgan fingerprint density at radius 1 is 0.971 bits per heavy atom. The zero-order valence-electron chi connectivity index (χ0n) is 19.0. The first-order valence-corrected chi connectivity index (χ1v) is 11.6. The average molecular weight is 457 g/mol. The molecule has 1 saturated heterocycles. The summed E-state index contributed by atoms with van der Waals surface area (Å²) < 4.78 is 5.87. The predicted octanol–water partition coefficient (Wildman–Crippen LogP) is 3.56. The van der Waals surface area contributed by atoms with Crippen molar-refractivity contribution in [3.05, 3.63) is 83.9 Å². The van der Waals surface area contributed by atoms with Gasteiger partial charge in [0.05, 0.1) is 17.6 Å². The van der Waals surface area contributed by atoms with Crippen molar-refractivity contribution < 1.29 is 14.6 Å². The summed E-state index contributed by atoms with van der Waals surface area (Å²) in [6.45, 7) is 4.24. The van der Waals surface area contributed by atoms with Gasteiger partial charge in [0.1, 0.15) is 18.2 Å². The Bertz CT molecular complexity index is 1250. The van der Waals surface area contributed by atoms with Crippen molar-refractivity contribution in [2.75, 3.05) is 39.3 Å². The number of hydrogen-bond donors (Lipinski definition) is 2. The minimum absolute atomic E-state index is 0.0293. The van der Waals surface area contributed by atoms with Crippen LogP contribution < -0.4 is 4.74 Å². The minimum atomic E-state index is 0.0293. The van der Waals surface area contributed by atoms with Crippen molar-refractivity contribution in [2.24, 2.45) is 0 Å². The smallest absolute Gasteiger partial charge is 0.254 e. The molecule has 3 aromatic carbocycles. The van der Waals surface area contributed by atoms with Crippen molar-refractivity contribution in [2.45, 2.75) is 6.61 Å². The molecule has 2 heterocycles.